The Kier molecular flexibility index (Phi) is 10.2. The Morgan fingerprint density at radius 2 is 1.30 bits per heavy atom. The van der Waals surface area contributed by atoms with Gasteiger partial charge in [-0.15, -0.1) is 55.0 Å². The summed E-state index contributed by atoms with van der Waals surface area (Å²) in [5.41, 5.74) is 0. The number of tetrazole rings is 2. The molecule has 4 aromatic heterocycles. The highest BCUT2D eigenvalue weighted by Gasteiger charge is 2.30. The largest absolute Gasteiger partial charge is 0.374 e. The second-order valence-corrected chi connectivity index (χ2v) is 12.0. The minimum atomic E-state index is 0.0374. The van der Waals surface area contributed by atoms with Crippen LogP contribution >= 0.6 is 22.7 Å². The van der Waals surface area contributed by atoms with E-state index in [2.05, 4.69) is 41.2 Å². The molecule has 0 saturated carbocycles. The number of aromatic nitrogens is 8. The summed E-state index contributed by atoms with van der Waals surface area (Å²) < 4.78 is 25.5. The molecule has 226 valence electrons. The molecule has 2 radical (unpaired) electrons. The first-order valence-corrected chi connectivity index (χ1v) is 15.4. The van der Waals surface area contributed by atoms with Crippen molar-refractivity contribution in [1.29, 1.82) is 2.67 Å². The zero-order valence-electron chi connectivity index (χ0n) is 25.6. The van der Waals surface area contributed by atoms with Crippen LogP contribution in [0, 0.1) is 0 Å². The van der Waals surface area contributed by atoms with Crippen molar-refractivity contribution in [2.75, 3.05) is 13.2 Å². The normalized spacial score (nSPS) is 19.1. The third kappa shape index (κ3) is 8.13. The van der Waals surface area contributed by atoms with E-state index >= 15 is 0 Å². The average molecular weight is 634 g/mol. The minimum Gasteiger partial charge on any atom is -0.374 e. The molecule has 0 spiro atoms. The van der Waals surface area contributed by atoms with E-state index in [1.807, 2.05) is 24.3 Å². The van der Waals surface area contributed by atoms with Crippen molar-refractivity contribution >= 4 is 50.1 Å². The summed E-state index contributed by atoms with van der Waals surface area (Å²) >= 11 is 3.11. The molecule has 6 heterocycles. The zero-order chi connectivity index (χ0) is 32.1. The van der Waals surface area contributed by atoms with Crippen LogP contribution in [0.1, 0.15) is 35.4 Å². The molecular formula is C26H30B2N10O4S2. The Labute approximate surface area is 266 Å². The van der Waals surface area contributed by atoms with Gasteiger partial charge in [-0.05, 0) is 62.6 Å². The number of carbonyl (C=O) groups excluding carboxylic acids is 2. The fourth-order valence-corrected chi connectivity index (χ4v) is 6.47. The number of H-pyrrole nitrogens is 2. The summed E-state index contributed by atoms with van der Waals surface area (Å²) in [6.07, 6.45) is 5.90. The van der Waals surface area contributed by atoms with Crippen molar-refractivity contribution in [3.8, 4) is 21.4 Å². The fraction of sp³-hybridized carbons (Fsp3) is 0.385. The molecule has 14 nitrogen and oxygen atoms in total. The van der Waals surface area contributed by atoms with E-state index in [-0.39, 0.29) is 23.9 Å². The lowest BCUT2D eigenvalue weighted by atomic mass is 10.1. The Bertz CT molecular complexity index is 1470. The van der Waals surface area contributed by atoms with E-state index in [1.54, 1.807) is 56.8 Å². The first-order chi connectivity index (χ1) is 22.6. The quantitative estimate of drug-likeness (QED) is 0.195. The van der Waals surface area contributed by atoms with Crippen molar-refractivity contribution in [2.24, 2.45) is 0 Å². The van der Waals surface area contributed by atoms with Crippen molar-refractivity contribution in [3.63, 3.8) is 0 Å². The van der Waals surface area contributed by atoms with Crippen LogP contribution in [0.25, 0.3) is 21.4 Å². The van der Waals surface area contributed by atoms with E-state index in [0.29, 0.717) is 50.9 Å². The summed E-state index contributed by atoms with van der Waals surface area (Å²) in [6.45, 7) is 1.91. The molecule has 4 aromatic rings. The molecule has 0 aromatic carbocycles. The van der Waals surface area contributed by atoms with Crippen molar-refractivity contribution in [1.82, 2.24) is 51.0 Å². The average Bonchev–Trinajstić information content (AvgIpc) is 3.91. The number of likely N-dealkylation sites (tertiary alicyclic amines) is 2. The smallest absolute Gasteiger partial charge is 0.226 e. The lowest BCUT2D eigenvalue weighted by Crippen LogP contribution is -2.31. The molecule has 2 N–H and O–H groups in total. The number of rotatable bonds is 14. The number of ether oxygens (including phenoxy) is 2. The van der Waals surface area contributed by atoms with Crippen molar-refractivity contribution in [2.45, 2.75) is 51.0 Å². The van der Waals surface area contributed by atoms with Crippen molar-refractivity contribution in [3.05, 3.63) is 58.4 Å². The monoisotopic (exact) mass is 634 g/mol. The molecule has 2 atom stereocenters. The van der Waals surface area contributed by atoms with E-state index < -0.39 is 0 Å². The number of aromatic amines is 2. The lowest BCUT2D eigenvalue weighted by molar-refractivity contribution is -0.127. The van der Waals surface area contributed by atoms with E-state index in [9.17, 15) is 9.59 Å². The lowest BCUT2D eigenvalue weighted by Gasteiger charge is -2.20. The minimum absolute atomic E-state index is 0.0374. The molecule has 0 aliphatic carbocycles. The van der Waals surface area contributed by atoms with E-state index in [1.165, 1.54) is 0 Å². The highest BCUT2D eigenvalue weighted by atomic mass is 32.1. The molecule has 6 rings (SSSR count). The topological polar surface area (TPSA) is 168 Å². The molecular weight excluding hydrogens is 602 g/mol. The Balaban J connectivity index is 0.000000181. The van der Waals surface area contributed by atoms with Crippen LogP contribution in [0.4, 0.5) is 0 Å². The van der Waals surface area contributed by atoms with Crippen molar-refractivity contribution < 1.29 is 19.1 Å². The number of nitrogens with one attached hydrogen (secondary N) is 2. The predicted molar refractivity (Wildman–Crippen MR) is 167 cm³/mol. The highest BCUT2D eigenvalue weighted by molar-refractivity contribution is 7.15. The van der Waals surface area contributed by atoms with Crippen LogP contribution in [-0.2, 0) is 32.3 Å². The van der Waals surface area contributed by atoms with Crippen LogP contribution in [0.3, 0.4) is 0 Å². The summed E-state index contributed by atoms with van der Waals surface area (Å²) in [5, 5.41) is 27.7. The van der Waals surface area contributed by atoms with Gasteiger partial charge in [0.1, 0.15) is 15.6 Å². The van der Waals surface area contributed by atoms with Gasteiger partial charge in [-0.25, -0.2) is 0 Å². The first-order valence-electron chi connectivity index (χ1n) is 14.9. The van der Waals surface area contributed by atoms with Gasteiger partial charge < -0.3 is 19.3 Å². The molecule has 2 amide bonds. The number of amides is 2. The molecule has 2 unspecified atom stereocenters. The predicted octanol–water partition coefficient (Wildman–Crippen LogP) is 1.62. The Morgan fingerprint density at radius 1 is 0.818 bits per heavy atom. The van der Waals surface area contributed by atoms with Gasteiger partial charge >= 0.3 is 0 Å². The molecule has 2 aliphatic heterocycles. The molecule has 18 heteroatoms. The van der Waals surface area contributed by atoms with Crippen LogP contribution in [0.2, 0.25) is 0 Å². The standard InChI is InChI=1S/2C13H15BN5O2S/c2*14-5-6-19-9(1-4-12(19)20)7-21-8-10-2-3-11(22-10)13-15-17-18-16-13/h2*2-3,5-6,9,14H,1,4,7-8H2,(H,15,16,17,18)/i2*14D. The maximum atomic E-state index is 11.8. The van der Waals surface area contributed by atoms with E-state index in [0.717, 1.165) is 48.0 Å². The van der Waals surface area contributed by atoms with Crippen LogP contribution < -0.4 is 0 Å². The summed E-state index contributed by atoms with van der Waals surface area (Å²) in [5.74, 6) is 4.40. The summed E-state index contributed by atoms with van der Waals surface area (Å²) in [7, 11) is 2.32. The number of hydrogen-bond acceptors (Lipinski definition) is 12. The number of carbonyl (C=O) groups is 2. The Hall–Kier alpha value is -3.99. The molecule has 0 bridgehead atoms. The summed E-state index contributed by atoms with van der Waals surface area (Å²) in [6, 6.07) is 7.90. The number of hydrogen-bond donors (Lipinski definition) is 2. The van der Waals surface area contributed by atoms with Gasteiger partial charge in [0, 0.05) is 22.6 Å². The Morgan fingerprint density at radius 3 is 1.70 bits per heavy atom. The first kappa shape index (κ1) is 28.8. The summed E-state index contributed by atoms with van der Waals surface area (Å²) in [4.78, 5) is 30.9. The van der Waals surface area contributed by atoms with E-state index in [4.69, 9.17) is 12.1 Å². The third-order valence-corrected chi connectivity index (χ3v) is 8.91. The fourth-order valence-electron chi connectivity index (χ4n) is 4.72. The highest BCUT2D eigenvalue weighted by Crippen LogP contribution is 2.27. The van der Waals surface area contributed by atoms with Gasteiger partial charge in [0.05, 0.1) is 48.3 Å². The molecule has 44 heavy (non-hydrogen) atoms. The second kappa shape index (κ2) is 15.7. The molecule has 2 fully saturated rings. The van der Waals surface area contributed by atoms with Crippen LogP contribution in [0.15, 0.2) is 48.6 Å². The molecule has 2 saturated heterocycles. The van der Waals surface area contributed by atoms with Gasteiger partial charge in [0.25, 0.3) is 0 Å². The van der Waals surface area contributed by atoms with Gasteiger partial charge in [-0.1, -0.05) is 0 Å². The third-order valence-electron chi connectivity index (χ3n) is 6.80. The maximum absolute atomic E-state index is 11.8. The number of nitrogens with zero attached hydrogens (tertiary/aromatic N) is 8. The van der Waals surface area contributed by atoms with Gasteiger partial charge in [-0.2, -0.15) is 10.4 Å². The maximum Gasteiger partial charge on any atom is 0.226 e. The van der Waals surface area contributed by atoms with Crippen LogP contribution in [0.5, 0.6) is 0 Å². The van der Waals surface area contributed by atoms with Gasteiger partial charge in [0.15, 0.2) is 0 Å². The SMILES string of the molecule is [2H][B]C=CN1C(=O)CCC1COCc1ccc(-c2nn[nH]n2)s1.[2H][B]C=CN1C(=O)CCC1COCc1ccc(-c2nn[nH]n2)s1. The zero-order valence-corrected chi connectivity index (χ0v) is 25.2. The molecule has 2 aliphatic rings. The van der Waals surface area contributed by atoms with Gasteiger partial charge in [0.2, 0.25) is 23.5 Å². The van der Waals surface area contributed by atoms with Gasteiger partial charge in [-0.3, -0.25) is 9.59 Å². The van der Waals surface area contributed by atoms with Crippen LogP contribution in [-0.4, -0.2) is 106 Å². The second-order valence-electron chi connectivity index (χ2n) is 9.70. The number of thiophene rings is 2.